The Bertz CT molecular complexity index is 1140. The van der Waals surface area contributed by atoms with Crippen LogP contribution in [0.25, 0.3) is 0 Å². The lowest BCUT2D eigenvalue weighted by molar-refractivity contribution is -0.123. The second kappa shape index (κ2) is 9.66. The zero-order valence-electron chi connectivity index (χ0n) is 17.8. The average molecular weight is 439 g/mol. The van der Waals surface area contributed by atoms with Crippen molar-refractivity contribution in [3.8, 4) is 5.75 Å². The van der Waals surface area contributed by atoms with E-state index in [1.807, 2.05) is 63.2 Å². The summed E-state index contributed by atoms with van der Waals surface area (Å²) in [6, 6.07) is 21.1. The van der Waals surface area contributed by atoms with Gasteiger partial charge in [-0.25, -0.2) is 8.42 Å². The second-order valence-corrected chi connectivity index (χ2v) is 9.07. The normalized spacial score (nSPS) is 12.1. The quantitative estimate of drug-likeness (QED) is 0.547. The molecule has 3 aromatic carbocycles. The highest BCUT2D eigenvalue weighted by atomic mass is 32.2. The van der Waals surface area contributed by atoms with E-state index in [4.69, 9.17) is 4.74 Å². The summed E-state index contributed by atoms with van der Waals surface area (Å²) >= 11 is 0. The van der Waals surface area contributed by atoms with Crippen molar-refractivity contribution in [3.63, 3.8) is 0 Å². The molecule has 3 aromatic rings. The first-order valence-corrected chi connectivity index (χ1v) is 11.4. The van der Waals surface area contributed by atoms with E-state index < -0.39 is 10.0 Å². The first-order valence-electron chi connectivity index (χ1n) is 9.92. The molecular formula is C24H26N2O4S. The second-order valence-electron chi connectivity index (χ2n) is 7.38. The van der Waals surface area contributed by atoms with Gasteiger partial charge in [-0.1, -0.05) is 42.5 Å². The number of benzene rings is 3. The molecule has 0 saturated heterocycles. The van der Waals surface area contributed by atoms with Crippen molar-refractivity contribution in [3.05, 3.63) is 89.5 Å². The molecule has 0 radical (unpaired) electrons. The summed E-state index contributed by atoms with van der Waals surface area (Å²) in [6.07, 6.45) is 0. The van der Waals surface area contributed by atoms with Crippen LogP contribution in [0.3, 0.4) is 0 Å². The molecule has 0 spiro atoms. The fourth-order valence-electron chi connectivity index (χ4n) is 3.02. The van der Waals surface area contributed by atoms with Gasteiger partial charge in [0, 0.05) is 0 Å². The van der Waals surface area contributed by atoms with Crippen LogP contribution >= 0.6 is 0 Å². The molecule has 2 N–H and O–H groups in total. The van der Waals surface area contributed by atoms with Gasteiger partial charge in [0.25, 0.3) is 15.9 Å². The van der Waals surface area contributed by atoms with Crippen molar-refractivity contribution in [1.82, 2.24) is 5.32 Å². The van der Waals surface area contributed by atoms with Crippen LogP contribution in [0.5, 0.6) is 5.75 Å². The zero-order chi connectivity index (χ0) is 22.4. The van der Waals surface area contributed by atoms with Crippen LogP contribution in [0.15, 0.2) is 77.7 Å². The van der Waals surface area contributed by atoms with Gasteiger partial charge in [-0.2, -0.15) is 0 Å². The summed E-state index contributed by atoms with van der Waals surface area (Å²) < 4.78 is 33.5. The van der Waals surface area contributed by atoms with E-state index in [0.29, 0.717) is 11.4 Å². The van der Waals surface area contributed by atoms with Gasteiger partial charge < -0.3 is 10.1 Å². The van der Waals surface area contributed by atoms with Crippen molar-refractivity contribution in [2.75, 3.05) is 11.3 Å². The Morgan fingerprint density at radius 3 is 2.32 bits per heavy atom. The Morgan fingerprint density at radius 1 is 0.968 bits per heavy atom. The Hall–Kier alpha value is -3.32. The Kier molecular flexibility index (Phi) is 6.97. The average Bonchev–Trinajstić information content (AvgIpc) is 2.75. The van der Waals surface area contributed by atoms with Gasteiger partial charge in [0.1, 0.15) is 5.75 Å². The van der Waals surface area contributed by atoms with Crippen molar-refractivity contribution in [1.29, 1.82) is 0 Å². The van der Waals surface area contributed by atoms with Gasteiger partial charge in [-0.15, -0.1) is 0 Å². The SMILES string of the molecule is Cc1ccc(C)c(NS(=O)(=O)c2ccc(OCC(=O)N[C@H](C)c3ccccc3)cc2)c1. The molecule has 3 rings (SSSR count). The maximum Gasteiger partial charge on any atom is 0.261 e. The van der Waals surface area contributed by atoms with Crippen LogP contribution in [0.1, 0.15) is 29.7 Å². The largest absolute Gasteiger partial charge is 0.484 e. The number of rotatable bonds is 8. The van der Waals surface area contributed by atoms with Gasteiger partial charge in [0.15, 0.2) is 6.61 Å². The first kappa shape index (κ1) is 22.4. The molecule has 6 nitrogen and oxygen atoms in total. The van der Waals surface area contributed by atoms with Crippen LogP contribution < -0.4 is 14.8 Å². The van der Waals surface area contributed by atoms with Gasteiger partial charge in [-0.05, 0) is 67.8 Å². The molecule has 0 aliphatic carbocycles. The van der Waals surface area contributed by atoms with E-state index in [2.05, 4.69) is 10.0 Å². The van der Waals surface area contributed by atoms with Crippen LogP contribution in [0, 0.1) is 13.8 Å². The number of amides is 1. The molecule has 1 amide bonds. The van der Waals surface area contributed by atoms with Crippen LogP contribution in [-0.2, 0) is 14.8 Å². The smallest absolute Gasteiger partial charge is 0.261 e. The lowest BCUT2D eigenvalue weighted by Crippen LogP contribution is -2.31. The summed E-state index contributed by atoms with van der Waals surface area (Å²) in [7, 11) is -3.73. The fraction of sp³-hybridized carbons (Fsp3) is 0.208. The highest BCUT2D eigenvalue weighted by Crippen LogP contribution is 2.22. The Balaban J connectivity index is 1.58. The maximum atomic E-state index is 12.7. The third kappa shape index (κ3) is 6.08. The Morgan fingerprint density at radius 2 is 1.65 bits per heavy atom. The Labute approximate surface area is 183 Å². The third-order valence-electron chi connectivity index (χ3n) is 4.82. The predicted molar refractivity (Wildman–Crippen MR) is 122 cm³/mol. The standard InChI is InChI=1S/C24H26N2O4S/c1-17-9-10-18(2)23(15-17)26-31(28,29)22-13-11-21(12-14-22)30-16-24(27)25-19(3)20-7-5-4-6-8-20/h4-15,19,26H,16H2,1-3H3,(H,25,27)/t19-/m1/s1. The minimum absolute atomic E-state index is 0.114. The number of hydrogen-bond donors (Lipinski definition) is 2. The summed E-state index contributed by atoms with van der Waals surface area (Å²) in [4.78, 5) is 12.3. The lowest BCUT2D eigenvalue weighted by Gasteiger charge is -2.15. The fourth-order valence-corrected chi connectivity index (χ4v) is 4.14. The summed E-state index contributed by atoms with van der Waals surface area (Å²) in [6.45, 7) is 5.48. The lowest BCUT2D eigenvalue weighted by atomic mass is 10.1. The number of carbonyl (C=O) groups excluding carboxylic acids is 1. The van der Waals surface area contributed by atoms with E-state index in [1.54, 1.807) is 6.07 Å². The molecule has 0 aliphatic heterocycles. The minimum atomic E-state index is -3.73. The van der Waals surface area contributed by atoms with Crippen molar-refractivity contribution in [2.24, 2.45) is 0 Å². The van der Waals surface area contributed by atoms with E-state index in [0.717, 1.165) is 16.7 Å². The zero-order valence-corrected chi connectivity index (χ0v) is 18.6. The molecule has 7 heteroatoms. The van der Waals surface area contributed by atoms with E-state index in [9.17, 15) is 13.2 Å². The summed E-state index contributed by atoms with van der Waals surface area (Å²) in [5.74, 6) is 0.151. The van der Waals surface area contributed by atoms with Crippen molar-refractivity contribution in [2.45, 2.75) is 31.7 Å². The molecule has 31 heavy (non-hydrogen) atoms. The van der Waals surface area contributed by atoms with Gasteiger partial charge in [0.05, 0.1) is 16.6 Å². The molecule has 0 bridgehead atoms. The van der Waals surface area contributed by atoms with Crippen LogP contribution in [-0.4, -0.2) is 20.9 Å². The van der Waals surface area contributed by atoms with Gasteiger partial charge in [-0.3, -0.25) is 9.52 Å². The topological polar surface area (TPSA) is 84.5 Å². The van der Waals surface area contributed by atoms with Crippen LogP contribution in [0.4, 0.5) is 5.69 Å². The highest BCUT2D eigenvalue weighted by Gasteiger charge is 2.16. The number of anilines is 1. The van der Waals surface area contributed by atoms with Crippen molar-refractivity contribution >= 4 is 21.6 Å². The molecule has 1 atom stereocenters. The van der Waals surface area contributed by atoms with Gasteiger partial charge >= 0.3 is 0 Å². The first-order chi connectivity index (χ1) is 14.7. The monoisotopic (exact) mass is 438 g/mol. The van der Waals surface area contributed by atoms with E-state index in [-0.39, 0.29) is 23.5 Å². The molecular weight excluding hydrogens is 412 g/mol. The van der Waals surface area contributed by atoms with Crippen molar-refractivity contribution < 1.29 is 17.9 Å². The highest BCUT2D eigenvalue weighted by molar-refractivity contribution is 7.92. The number of nitrogens with one attached hydrogen (secondary N) is 2. The molecule has 0 aromatic heterocycles. The summed E-state index contributed by atoms with van der Waals surface area (Å²) in [5, 5.41) is 2.87. The van der Waals surface area contributed by atoms with Crippen LogP contribution in [0.2, 0.25) is 0 Å². The molecule has 162 valence electrons. The van der Waals surface area contributed by atoms with E-state index >= 15 is 0 Å². The molecule has 0 fully saturated rings. The molecule has 0 heterocycles. The van der Waals surface area contributed by atoms with Gasteiger partial charge in [0.2, 0.25) is 0 Å². The molecule has 0 aliphatic rings. The van der Waals surface area contributed by atoms with E-state index in [1.165, 1.54) is 24.3 Å². The maximum absolute atomic E-state index is 12.7. The minimum Gasteiger partial charge on any atom is -0.484 e. The number of aryl methyl sites for hydroxylation is 2. The number of hydrogen-bond acceptors (Lipinski definition) is 4. The summed E-state index contributed by atoms with van der Waals surface area (Å²) in [5.41, 5.74) is 3.35. The third-order valence-corrected chi connectivity index (χ3v) is 6.20. The number of ether oxygens (including phenoxy) is 1. The number of sulfonamides is 1. The number of carbonyl (C=O) groups is 1. The molecule has 0 saturated carbocycles. The predicted octanol–water partition coefficient (Wildman–Crippen LogP) is 4.36. The molecule has 0 unspecified atom stereocenters.